The molecular formula is C40H84N4O5S2. The van der Waals surface area contributed by atoms with Crippen LogP contribution in [0.25, 0.3) is 0 Å². The Bertz CT molecular complexity index is 849. The molecule has 11 heteroatoms. The lowest BCUT2D eigenvalue weighted by Crippen LogP contribution is -2.37. The number of ether oxygens (including phenoxy) is 1. The third kappa shape index (κ3) is 39.7. The normalized spacial score (nSPS) is 11.7. The van der Waals surface area contributed by atoms with Crippen molar-refractivity contribution in [2.75, 3.05) is 51.8 Å². The van der Waals surface area contributed by atoms with Crippen LogP contribution in [0.4, 0.5) is 0 Å². The average molecular weight is 765 g/mol. The number of nitrogens with two attached hydrogens (primary N) is 1. The minimum atomic E-state index is -0.0978. The highest BCUT2D eigenvalue weighted by Gasteiger charge is 2.15. The predicted octanol–water partition coefficient (Wildman–Crippen LogP) is 8.03. The van der Waals surface area contributed by atoms with Crippen LogP contribution in [0.2, 0.25) is 0 Å². The Morgan fingerprint density at radius 3 is 1.47 bits per heavy atom. The van der Waals surface area contributed by atoms with Crippen LogP contribution in [-0.4, -0.2) is 108 Å². The van der Waals surface area contributed by atoms with Gasteiger partial charge in [0.25, 0.3) is 0 Å². The van der Waals surface area contributed by atoms with E-state index in [-0.39, 0.29) is 47.5 Å². The smallest absolute Gasteiger partial charge is 0.308 e. The number of nitrogens with one attached hydrogen (secondary N) is 1. The molecule has 0 aromatic carbocycles. The van der Waals surface area contributed by atoms with Crippen LogP contribution in [0.15, 0.2) is 0 Å². The third-order valence-electron chi connectivity index (χ3n) is 7.31. The summed E-state index contributed by atoms with van der Waals surface area (Å²) in [4.78, 5) is 48.6. The summed E-state index contributed by atoms with van der Waals surface area (Å²) in [6, 6.07) is 0.681. The Hall–Kier alpha value is -1.30. The molecule has 0 aliphatic rings. The van der Waals surface area contributed by atoms with Crippen molar-refractivity contribution < 1.29 is 23.9 Å². The summed E-state index contributed by atoms with van der Waals surface area (Å²) in [5.41, 5.74) is 5.90. The Balaban J connectivity index is -0.000000289. The van der Waals surface area contributed by atoms with Crippen LogP contribution in [-0.2, 0) is 23.9 Å². The van der Waals surface area contributed by atoms with Crippen molar-refractivity contribution in [1.29, 1.82) is 0 Å². The molecule has 0 radical (unpaired) electrons. The summed E-state index contributed by atoms with van der Waals surface area (Å²) in [7, 11) is 3.69. The van der Waals surface area contributed by atoms with E-state index in [2.05, 4.69) is 60.7 Å². The molecule has 1 atom stereocenters. The largest absolute Gasteiger partial charge is 0.465 e. The summed E-state index contributed by atoms with van der Waals surface area (Å²) in [5, 5.41) is 4.58. The van der Waals surface area contributed by atoms with Gasteiger partial charge in [0, 0.05) is 75.7 Å². The van der Waals surface area contributed by atoms with E-state index >= 15 is 0 Å². The molecule has 0 saturated carbocycles. The molecule has 0 rings (SSSR count). The standard InChI is InChI=1S/C11H24N2O.C10H22N2O.C10H20OS.C9H18O2S/c1-8(2)10(12)6-7-13(5)11(14)9(3)4;1-8(2)10(13)12(5)7-6-11-9(3)4;1-8(2)10(11)6-5-7-12-9(3)4;1-7(2)9(10)11-5-6-12-8(3)4/h8-10H,6-7,12H2,1-5H3;8-9,11H,6-7H2,1-5H3;8-9H,5-7H2,1-4H3;7-8H,5-6H2,1-4H3. The van der Waals surface area contributed by atoms with Gasteiger partial charge in [-0.1, -0.05) is 111 Å². The van der Waals surface area contributed by atoms with E-state index in [1.54, 1.807) is 9.80 Å². The van der Waals surface area contributed by atoms with E-state index in [9.17, 15) is 19.2 Å². The minimum absolute atomic E-state index is 0.00551. The predicted molar refractivity (Wildman–Crippen MR) is 226 cm³/mol. The monoisotopic (exact) mass is 765 g/mol. The molecule has 0 bridgehead atoms. The maximum absolute atomic E-state index is 11.5. The van der Waals surface area contributed by atoms with E-state index in [0.717, 1.165) is 50.4 Å². The molecule has 2 amide bonds. The first-order valence-corrected chi connectivity index (χ1v) is 21.4. The first-order valence-electron chi connectivity index (χ1n) is 19.3. The average Bonchev–Trinajstić information content (AvgIpc) is 3.02. The number of esters is 1. The van der Waals surface area contributed by atoms with Gasteiger partial charge in [0.15, 0.2) is 0 Å². The lowest BCUT2D eigenvalue weighted by Gasteiger charge is -2.22. The number of likely N-dealkylation sites (N-methyl/N-ethyl adjacent to an activating group) is 1. The van der Waals surface area contributed by atoms with Crippen LogP contribution in [0, 0.1) is 29.6 Å². The van der Waals surface area contributed by atoms with Gasteiger partial charge in [-0.15, -0.1) is 0 Å². The van der Waals surface area contributed by atoms with Crippen molar-refractivity contribution in [3.63, 3.8) is 0 Å². The van der Waals surface area contributed by atoms with Gasteiger partial charge in [-0.3, -0.25) is 19.2 Å². The number of amides is 2. The maximum atomic E-state index is 11.5. The molecule has 1 unspecified atom stereocenters. The molecule has 0 saturated heterocycles. The van der Waals surface area contributed by atoms with Crippen LogP contribution in [0.1, 0.15) is 130 Å². The number of Topliss-reactive ketones (excluding diaryl/α,β-unsaturated/α-hetero) is 1. The highest BCUT2D eigenvalue weighted by Crippen LogP contribution is 2.13. The van der Waals surface area contributed by atoms with Gasteiger partial charge in [0.05, 0.1) is 5.92 Å². The Kier molecular flexibility index (Phi) is 38.1. The Labute approximate surface area is 324 Å². The van der Waals surface area contributed by atoms with E-state index in [0.29, 0.717) is 34.8 Å². The van der Waals surface area contributed by atoms with Gasteiger partial charge in [-0.25, -0.2) is 0 Å². The molecule has 0 aliphatic heterocycles. The van der Waals surface area contributed by atoms with Gasteiger partial charge in [-0.2, -0.15) is 23.5 Å². The van der Waals surface area contributed by atoms with Crippen LogP contribution in [0.5, 0.6) is 0 Å². The number of thioether (sulfide) groups is 2. The van der Waals surface area contributed by atoms with Crippen molar-refractivity contribution in [2.45, 2.75) is 153 Å². The fourth-order valence-electron chi connectivity index (χ4n) is 3.75. The van der Waals surface area contributed by atoms with Gasteiger partial charge < -0.3 is 25.6 Å². The fourth-order valence-corrected chi connectivity index (χ4v) is 5.18. The Morgan fingerprint density at radius 1 is 0.647 bits per heavy atom. The molecule has 0 aliphatic carbocycles. The highest BCUT2D eigenvalue weighted by molar-refractivity contribution is 8.00. The molecule has 0 heterocycles. The third-order valence-corrected chi connectivity index (χ3v) is 9.57. The zero-order chi connectivity index (χ0) is 40.9. The number of hydrogen-bond acceptors (Lipinski definition) is 9. The fraction of sp³-hybridized carbons (Fsp3) is 0.900. The summed E-state index contributed by atoms with van der Waals surface area (Å²) in [6.07, 6.45) is 2.68. The molecule has 51 heavy (non-hydrogen) atoms. The van der Waals surface area contributed by atoms with Gasteiger partial charge in [-0.05, 0) is 35.0 Å². The lowest BCUT2D eigenvalue weighted by atomic mass is 10.0. The van der Waals surface area contributed by atoms with Gasteiger partial charge in [0.2, 0.25) is 11.8 Å². The molecule has 0 aromatic heterocycles. The molecule has 0 spiro atoms. The SMILES string of the molecule is CC(C)C(=O)N(C)CCC(N)C(C)C.CC(C)NCCN(C)C(=O)C(C)C.CC(C)SCCCC(=O)C(C)C.CC(C)SCCOC(=O)C(C)C. The van der Waals surface area contributed by atoms with E-state index in [1.807, 2.05) is 93.0 Å². The zero-order valence-electron chi connectivity index (χ0n) is 36.4. The molecule has 3 N–H and O–H groups in total. The molecular weight excluding hydrogens is 681 g/mol. The Morgan fingerprint density at radius 2 is 1.10 bits per heavy atom. The molecule has 306 valence electrons. The van der Waals surface area contributed by atoms with Crippen molar-refractivity contribution in [3.05, 3.63) is 0 Å². The number of carbonyl (C=O) groups excluding carboxylic acids is 4. The number of hydrogen-bond donors (Lipinski definition) is 2. The van der Waals surface area contributed by atoms with Crippen LogP contribution in [0.3, 0.4) is 0 Å². The second-order valence-electron chi connectivity index (χ2n) is 15.5. The van der Waals surface area contributed by atoms with Crippen molar-refractivity contribution in [1.82, 2.24) is 15.1 Å². The number of rotatable bonds is 21. The van der Waals surface area contributed by atoms with Gasteiger partial charge >= 0.3 is 5.97 Å². The van der Waals surface area contributed by atoms with E-state index in [4.69, 9.17) is 10.5 Å². The summed E-state index contributed by atoms with van der Waals surface area (Å²) >= 11 is 3.74. The first-order chi connectivity index (χ1) is 23.4. The van der Waals surface area contributed by atoms with E-state index < -0.39 is 0 Å². The van der Waals surface area contributed by atoms with Crippen LogP contribution >= 0.6 is 23.5 Å². The van der Waals surface area contributed by atoms with Crippen molar-refractivity contribution in [3.8, 4) is 0 Å². The minimum Gasteiger partial charge on any atom is -0.465 e. The molecule has 9 nitrogen and oxygen atoms in total. The quantitative estimate of drug-likeness (QED) is 0.0884. The van der Waals surface area contributed by atoms with E-state index in [1.165, 1.54) is 0 Å². The van der Waals surface area contributed by atoms with Crippen molar-refractivity contribution >= 4 is 47.1 Å². The first kappa shape index (κ1) is 56.4. The van der Waals surface area contributed by atoms with Crippen LogP contribution < -0.4 is 11.1 Å². The second-order valence-corrected chi connectivity index (χ2v) is 18.9. The summed E-state index contributed by atoms with van der Waals surface area (Å²) in [5.74, 6) is 3.61. The maximum Gasteiger partial charge on any atom is 0.308 e. The molecule has 0 fully saturated rings. The second kappa shape index (κ2) is 34.5. The summed E-state index contributed by atoms with van der Waals surface area (Å²) in [6.45, 7) is 35.3. The lowest BCUT2D eigenvalue weighted by molar-refractivity contribution is -0.146. The molecule has 0 aromatic rings. The number of ketones is 1. The zero-order valence-corrected chi connectivity index (χ0v) is 38.0. The number of carbonyl (C=O) groups is 4. The number of nitrogens with zero attached hydrogens (tertiary/aromatic N) is 2. The van der Waals surface area contributed by atoms with Crippen molar-refractivity contribution in [2.24, 2.45) is 35.3 Å². The highest BCUT2D eigenvalue weighted by atomic mass is 32.2. The summed E-state index contributed by atoms with van der Waals surface area (Å²) < 4.78 is 4.99. The van der Waals surface area contributed by atoms with Gasteiger partial charge in [0.1, 0.15) is 12.4 Å². The topological polar surface area (TPSA) is 122 Å².